The van der Waals surface area contributed by atoms with Crippen molar-refractivity contribution in [2.45, 2.75) is 29.6 Å². The van der Waals surface area contributed by atoms with Crippen LogP contribution in [0.5, 0.6) is 0 Å². The largest absolute Gasteiger partial charge is 0.457 e. The lowest BCUT2D eigenvalue weighted by molar-refractivity contribution is -0.324. The summed E-state index contributed by atoms with van der Waals surface area (Å²) in [6.45, 7) is 0. The first kappa shape index (κ1) is 12.4. The van der Waals surface area contributed by atoms with Crippen molar-refractivity contribution in [2.24, 2.45) is 0 Å². The van der Waals surface area contributed by atoms with Gasteiger partial charge in [-0.25, -0.2) is 4.39 Å². The van der Waals surface area contributed by atoms with Gasteiger partial charge in [0.25, 0.3) is 0 Å². The second-order valence-electron chi connectivity index (χ2n) is 2.88. The van der Waals surface area contributed by atoms with Gasteiger partial charge in [0.1, 0.15) is 0 Å². The standard InChI is InChI=1S/C5F10/c6-1(2(7,8)3(1,9)10)4(11,12)5(13,14)15. The Labute approximate surface area is 74.8 Å². The predicted molar refractivity (Wildman–Crippen MR) is 24.7 cm³/mol. The van der Waals surface area contributed by atoms with Gasteiger partial charge >= 0.3 is 29.6 Å². The molecule has 10 heteroatoms. The minimum absolute atomic E-state index is 6.03. The maximum atomic E-state index is 12.4. The molecule has 0 aromatic carbocycles. The van der Waals surface area contributed by atoms with Gasteiger partial charge in [-0.15, -0.1) is 0 Å². The molecule has 1 saturated carbocycles. The summed E-state index contributed by atoms with van der Waals surface area (Å²) >= 11 is 0. The van der Waals surface area contributed by atoms with Crippen molar-refractivity contribution >= 4 is 0 Å². The molecule has 0 radical (unpaired) electrons. The number of hydrogen-bond acceptors (Lipinski definition) is 0. The molecule has 15 heavy (non-hydrogen) atoms. The van der Waals surface area contributed by atoms with Crippen LogP contribution in [0.1, 0.15) is 0 Å². The Morgan fingerprint density at radius 2 is 0.867 bits per heavy atom. The molecular weight excluding hydrogens is 250 g/mol. The molecule has 1 fully saturated rings. The third-order valence-corrected chi connectivity index (χ3v) is 1.99. The topological polar surface area (TPSA) is 0 Å². The molecule has 0 spiro atoms. The van der Waals surface area contributed by atoms with Crippen LogP contribution < -0.4 is 0 Å². The first-order chi connectivity index (χ1) is 6.25. The third kappa shape index (κ3) is 0.949. The molecule has 1 aliphatic carbocycles. The highest BCUT2D eigenvalue weighted by atomic mass is 19.4. The fourth-order valence-corrected chi connectivity index (χ4v) is 0.976. The third-order valence-electron chi connectivity index (χ3n) is 1.99. The van der Waals surface area contributed by atoms with Crippen LogP contribution >= 0.6 is 0 Å². The Kier molecular flexibility index (Phi) is 1.93. The van der Waals surface area contributed by atoms with E-state index in [1.807, 2.05) is 0 Å². The summed E-state index contributed by atoms with van der Waals surface area (Å²) in [5.41, 5.74) is -6.20. The maximum Gasteiger partial charge on any atom is 0.457 e. The predicted octanol–water partition coefficient (Wildman–Crippen LogP) is 3.18. The van der Waals surface area contributed by atoms with Crippen molar-refractivity contribution in [3.8, 4) is 0 Å². The Bertz CT molecular complexity index is 271. The molecule has 90 valence electrons. The molecule has 0 bridgehead atoms. The van der Waals surface area contributed by atoms with Gasteiger partial charge in [-0.2, -0.15) is 39.5 Å². The Balaban J connectivity index is 3.23. The van der Waals surface area contributed by atoms with E-state index in [1.54, 1.807) is 0 Å². The lowest BCUT2D eigenvalue weighted by Crippen LogP contribution is -2.51. The Morgan fingerprint density at radius 3 is 0.933 bits per heavy atom. The van der Waals surface area contributed by atoms with E-state index in [2.05, 4.69) is 0 Å². The van der Waals surface area contributed by atoms with E-state index < -0.39 is 29.6 Å². The molecule has 1 rings (SSSR count). The fraction of sp³-hybridized carbons (Fsp3) is 1.00. The van der Waals surface area contributed by atoms with Crippen molar-refractivity contribution < 1.29 is 43.9 Å². The molecule has 0 N–H and O–H groups in total. The first-order valence-electron chi connectivity index (χ1n) is 3.14. The normalized spacial score (nSPS) is 27.6. The fourth-order valence-electron chi connectivity index (χ4n) is 0.976. The van der Waals surface area contributed by atoms with Gasteiger partial charge in [-0.3, -0.25) is 0 Å². The summed E-state index contributed by atoms with van der Waals surface area (Å²) in [5.74, 6) is -18.9. The Morgan fingerprint density at radius 1 is 0.600 bits per heavy atom. The maximum absolute atomic E-state index is 12.4. The van der Waals surface area contributed by atoms with Crippen LogP contribution in [-0.4, -0.2) is 29.6 Å². The number of halogens is 10. The zero-order valence-electron chi connectivity index (χ0n) is 6.28. The monoisotopic (exact) mass is 250 g/mol. The minimum Gasteiger partial charge on any atom is -0.223 e. The van der Waals surface area contributed by atoms with E-state index in [-0.39, 0.29) is 0 Å². The lowest BCUT2D eigenvalue weighted by atomic mass is 10.1. The average Bonchev–Trinajstić information content (AvgIpc) is 2.28. The van der Waals surface area contributed by atoms with E-state index in [9.17, 15) is 43.9 Å². The average molecular weight is 250 g/mol. The van der Waals surface area contributed by atoms with Crippen LogP contribution in [0.2, 0.25) is 0 Å². The van der Waals surface area contributed by atoms with Crippen LogP contribution in [0.3, 0.4) is 0 Å². The zero-order valence-corrected chi connectivity index (χ0v) is 6.28. The van der Waals surface area contributed by atoms with Gasteiger partial charge in [-0.05, 0) is 0 Å². The highest BCUT2D eigenvalue weighted by Gasteiger charge is 3.09. The van der Waals surface area contributed by atoms with Crippen molar-refractivity contribution in [1.82, 2.24) is 0 Å². The molecule has 0 amide bonds. The van der Waals surface area contributed by atoms with Crippen LogP contribution in [-0.2, 0) is 0 Å². The van der Waals surface area contributed by atoms with Gasteiger partial charge < -0.3 is 0 Å². The SMILES string of the molecule is FC(F)(F)C(F)(F)C1(F)C(F)(F)C1(F)F. The van der Waals surface area contributed by atoms with Crippen LogP contribution in [0.15, 0.2) is 0 Å². The zero-order chi connectivity index (χ0) is 12.5. The summed E-state index contributed by atoms with van der Waals surface area (Å²) in [6.07, 6.45) is -6.81. The first-order valence-corrected chi connectivity index (χ1v) is 3.14. The van der Waals surface area contributed by atoms with Gasteiger partial charge in [0.15, 0.2) is 0 Å². The Hall–Kier alpha value is -0.700. The summed E-state index contributed by atoms with van der Waals surface area (Å²) in [4.78, 5) is 0. The summed E-state index contributed by atoms with van der Waals surface area (Å²) < 4.78 is 118. The van der Waals surface area contributed by atoms with Crippen LogP contribution in [0.4, 0.5) is 43.9 Å². The number of alkyl halides is 10. The molecule has 0 nitrogen and oxygen atoms in total. The van der Waals surface area contributed by atoms with E-state index in [0.717, 1.165) is 0 Å². The van der Waals surface area contributed by atoms with Crippen LogP contribution in [0.25, 0.3) is 0 Å². The summed E-state index contributed by atoms with van der Waals surface area (Å²) in [5, 5.41) is 0. The van der Waals surface area contributed by atoms with E-state index in [4.69, 9.17) is 0 Å². The molecule has 0 saturated heterocycles. The van der Waals surface area contributed by atoms with Gasteiger partial charge in [0.2, 0.25) is 0 Å². The molecule has 0 heterocycles. The highest BCUT2D eigenvalue weighted by Crippen LogP contribution is 2.75. The minimum atomic E-state index is -6.81. The van der Waals surface area contributed by atoms with Crippen molar-refractivity contribution in [2.75, 3.05) is 0 Å². The van der Waals surface area contributed by atoms with Crippen molar-refractivity contribution in [3.63, 3.8) is 0 Å². The molecule has 0 aliphatic heterocycles. The summed E-state index contributed by atoms with van der Waals surface area (Å²) in [7, 11) is 0. The summed E-state index contributed by atoms with van der Waals surface area (Å²) in [6, 6.07) is 0. The van der Waals surface area contributed by atoms with Gasteiger partial charge in [0.05, 0.1) is 0 Å². The molecule has 1 aliphatic rings. The van der Waals surface area contributed by atoms with Crippen molar-refractivity contribution in [3.05, 3.63) is 0 Å². The van der Waals surface area contributed by atoms with Gasteiger partial charge in [0, 0.05) is 0 Å². The second-order valence-corrected chi connectivity index (χ2v) is 2.88. The van der Waals surface area contributed by atoms with E-state index >= 15 is 0 Å². The van der Waals surface area contributed by atoms with E-state index in [1.165, 1.54) is 0 Å². The van der Waals surface area contributed by atoms with Crippen molar-refractivity contribution in [1.29, 1.82) is 0 Å². The van der Waals surface area contributed by atoms with Crippen LogP contribution in [0, 0.1) is 0 Å². The second kappa shape index (κ2) is 2.34. The van der Waals surface area contributed by atoms with Gasteiger partial charge in [-0.1, -0.05) is 0 Å². The smallest absolute Gasteiger partial charge is 0.223 e. The number of rotatable bonds is 1. The molecule has 0 unspecified atom stereocenters. The number of hydrogen-bond donors (Lipinski definition) is 0. The highest BCUT2D eigenvalue weighted by molar-refractivity contribution is 5.35. The molecule has 0 atom stereocenters. The molecule has 0 aromatic heterocycles. The lowest BCUT2D eigenvalue weighted by Gasteiger charge is -2.22. The molecular formula is C5F10. The van der Waals surface area contributed by atoms with E-state index in [0.29, 0.717) is 0 Å². The quantitative estimate of drug-likeness (QED) is 0.627. The molecule has 0 aromatic rings.